The molecule has 4 rings (SSSR count). The first-order chi connectivity index (χ1) is 14.0. The molecule has 2 aromatic carbocycles. The van der Waals surface area contributed by atoms with Crippen molar-refractivity contribution in [1.82, 2.24) is 9.78 Å². The number of ether oxygens (including phenoxy) is 2. The van der Waals surface area contributed by atoms with E-state index in [1.54, 1.807) is 0 Å². The van der Waals surface area contributed by atoms with Crippen molar-refractivity contribution in [2.24, 2.45) is 5.73 Å². The van der Waals surface area contributed by atoms with Crippen LogP contribution in [0.15, 0.2) is 48.5 Å². The number of rotatable bonds is 5. The molecule has 1 amide bonds. The summed E-state index contributed by atoms with van der Waals surface area (Å²) in [5.41, 5.74) is 6.28. The van der Waals surface area contributed by atoms with Gasteiger partial charge in [-0.3, -0.25) is 4.79 Å². The largest absolute Gasteiger partial charge is 0.477 e. The number of esters is 1. The average Bonchev–Trinajstić information content (AvgIpc) is 3.12. The second-order valence-electron chi connectivity index (χ2n) is 6.57. The third-order valence-corrected chi connectivity index (χ3v) is 4.58. The quantitative estimate of drug-likeness (QED) is 0.670. The van der Waals surface area contributed by atoms with E-state index in [0.29, 0.717) is 13.2 Å². The van der Waals surface area contributed by atoms with Gasteiger partial charge in [0.25, 0.3) is 0 Å². The number of hydrogen-bond acceptors (Lipinski definition) is 5. The number of carbonyl (C=O) groups is 2. The summed E-state index contributed by atoms with van der Waals surface area (Å²) in [5, 5.41) is 4.37. The second-order valence-corrected chi connectivity index (χ2v) is 6.57. The highest BCUT2D eigenvalue weighted by Crippen LogP contribution is 2.35. The number of benzene rings is 2. The Labute approximate surface area is 165 Å². The van der Waals surface area contributed by atoms with Gasteiger partial charge < -0.3 is 15.2 Å². The number of nitrogens with two attached hydrogens (primary N) is 1. The van der Waals surface area contributed by atoms with E-state index in [-0.39, 0.29) is 34.9 Å². The van der Waals surface area contributed by atoms with Gasteiger partial charge in [0.2, 0.25) is 11.8 Å². The molecule has 0 radical (unpaired) electrons. The lowest BCUT2D eigenvalue weighted by molar-refractivity contribution is 0.0466. The lowest BCUT2D eigenvalue weighted by Crippen LogP contribution is -2.16. The summed E-state index contributed by atoms with van der Waals surface area (Å²) < 4.78 is 27.3. The molecule has 1 aliphatic heterocycles. The summed E-state index contributed by atoms with van der Waals surface area (Å²) in [6, 6.07) is 13.0. The minimum absolute atomic E-state index is 0.0275. The van der Waals surface area contributed by atoms with Gasteiger partial charge in [0.1, 0.15) is 23.7 Å². The predicted molar refractivity (Wildman–Crippen MR) is 102 cm³/mol. The highest BCUT2D eigenvalue weighted by Gasteiger charge is 2.30. The van der Waals surface area contributed by atoms with Crippen LogP contribution in [0.1, 0.15) is 32.7 Å². The molecule has 3 aromatic rings. The lowest BCUT2D eigenvalue weighted by Gasteiger charge is -2.15. The number of nitrogens with zero attached hydrogens (tertiary/aromatic N) is 2. The van der Waals surface area contributed by atoms with E-state index in [4.69, 9.17) is 15.2 Å². The number of aryl methyl sites for hydroxylation is 1. The smallest absolute Gasteiger partial charge is 0.346 e. The molecule has 0 bridgehead atoms. The van der Waals surface area contributed by atoms with Crippen molar-refractivity contribution >= 4 is 11.9 Å². The molecule has 1 aromatic heterocycles. The van der Waals surface area contributed by atoms with Crippen LogP contribution in [0, 0.1) is 5.82 Å². The van der Waals surface area contributed by atoms with E-state index in [0.717, 1.165) is 18.1 Å². The molecule has 0 saturated heterocycles. The number of amides is 1. The molecule has 7 nitrogen and oxygen atoms in total. The van der Waals surface area contributed by atoms with Crippen LogP contribution >= 0.6 is 0 Å². The number of primary amides is 1. The van der Waals surface area contributed by atoms with Crippen LogP contribution in [0.5, 0.6) is 5.88 Å². The maximum absolute atomic E-state index is 14.7. The van der Waals surface area contributed by atoms with E-state index >= 15 is 0 Å². The summed E-state index contributed by atoms with van der Waals surface area (Å²) in [4.78, 5) is 24.2. The summed E-state index contributed by atoms with van der Waals surface area (Å²) in [6.45, 7) is 1.02. The summed E-state index contributed by atoms with van der Waals surface area (Å²) in [5.74, 6) is -1.87. The molecule has 0 aliphatic carbocycles. The fourth-order valence-corrected chi connectivity index (χ4v) is 3.16. The van der Waals surface area contributed by atoms with Gasteiger partial charge in [-0.25, -0.2) is 13.9 Å². The van der Waals surface area contributed by atoms with Gasteiger partial charge >= 0.3 is 5.97 Å². The number of hydrogen-bond donors (Lipinski definition) is 1. The van der Waals surface area contributed by atoms with Gasteiger partial charge in [-0.1, -0.05) is 30.3 Å². The molecule has 0 unspecified atom stereocenters. The number of carbonyl (C=O) groups excluding carboxylic acids is 2. The van der Waals surface area contributed by atoms with Crippen molar-refractivity contribution in [2.75, 3.05) is 6.61 Å². The fraction of sp³-hybridized carbons (Fsp3) is 0.190. The minimum atomic E-state index is -0.745. The van der Waals surface area contributed by atoms with Crippen molar-refractivity contribution < 1.29 is 23.5 Å². The van der Waals surface area contributed by atoms with E-state index in [1.165, 1.54) is 16.8 Å². The molecule has 148 valence electrons. The zero-order valence-corrected chi connectivity index (χ0v) is 15.4. The Morgan fingerprint density at radius 3 is 2.72 bits per heavy atom. The Hall–Kier alpha value is -3.68. The fourth-order valence-electron chi connectivity index (χ4n) is 3.16. The number of aromatic nitrogens is 2. The molecule has 1 aliphatic rings. The summed E-state index contributed by atoms with van der Waals surface area (Å²) in [6.07, 6.45) is 0.718. The van der Waals surface area contributed by atoms with Crippen molar-refractivity contribution in [3.05, 3.63) is 71.0 Å². The topological polar surface area (TPSA) is 96.4 Å². The average molecular weight is 395 g/mol. The van der Waals surface area contributed by atoms with Crippen LogP contribution in [0.25, 0.3) is 11.3 Å². The van der Waals surface area contributed by atoms with Crippen LogP contribution in [0.2, 0.25) is 0 Å². The lowest BCUT2D eigenvalue weighted by atomic mass is 10.0. The standard InChI is InChI=1S/C21H18FN3O4/c22-16-11-14(19(23)26)7-8-15(16)18-17(20-25(24-18)9-4-10-28-20)21(27)29-12-13-5-2-1-3-6-13/h1-3,5-8,11H,4,9-10,12H2,(H2,23,26). The van der Waals surface area contributed by atoms with Crippen LogP contribution in [-0.2, 0) is 17.9 Å². The van der Waals surface area contributed by atoms with Crippen LogP contribution in [-0.4, -0.2) is 28.3 Å². The monoisotopic (exact) mass is 395 g/mol. The minimum Gasteiger partial charge on any atom is -0.477 e. The van der Waals surface area contributed by atoms with E-state index in [1.807, 2.05) is 30.3 Å². The summed E-state index contributed by atoms with van der Waals surface area (Å²) in [7, 11) is 0. The van der Waals surface area contributed by atoms with Gasteiger partial charge in [-0.15, -0.1) is 0 Å². The molecule has 8 heteroatoms. The third kappa shape index (κ3) is 3.69. The van der Waals surface area contributed by atoms with Crippen molar-refractivity contribution in [2.45, 2.75) is 19.6 Å². The van der Waals surface area contributed by atoms with Crippen molar-refractivity contribution in [3.63, 3.8) is 0 Å². The molecule has 0 saturated carbocycles. The molecule has 0 spiro atoms. The van der Waals surface area contributed by atoms with E-state index in [9.17, 15) is 14.0 Å². The van der Waals surface area contributed by atoms with Gasteiger partial charge in [0, 0.05) is 24.1 Å². The van der Waals surface area contributed by atoms with Crippen LogP contribution in [0.4, 0.5) is 4.39 Å². The van der Waals surface area contributed by atoms with Gasteiger partial charge in [-0.05, 0) is 23.8 Å². The second kappa shape index (κ2) is 7.75. The molecule has 2 heterocycles. The third-order valence-electron chi connectivity index (χ3n) is 4.58. The van der Waals surface area contributed by atoms with Crippen molar-refractivity contribution in [3.8, 4) is 17.1 Å². The maximum atomic E-state index is 14.7. The summed E-state index contributed by atoms with van der Waals surface area (Å²) >= 11 is 0. The Morgan fingerprint density at radius 2 is 2.00 bits per heavy atom. The SMILES string of the molecule is NC(=O)c1ccc(-c2nn3c(c2C(=O)OCc2ccccc2)OCCC3)c(F)c1. The zero-order valence-electron chi connectivity index (χ0n) is 15.4. The van der Waals surface area contributed by atoms with Crippen molar-refractivity contribution in [1.29, 1.82) is 0 Å². The van der Waals surface area contributed by atoms with Gasteiger partial charge in [0.05, 0.1) is 6.61 Å². The molecular weight excluding hydrogens is 377 g/mol. The first kappa shape index (κ1) is 18.7. The van der Waals surface area contributed by atoms with Crippen LogP contribution in [0.3, 0.4) is 0 Å². The Morgan fingerprint density at radius 1 is 1.21 bits per heavy atom. The molecule has 29 heavy (non-hydrogen) atoms. The van der Waals surface area contributed by atoms with Gasteiger partial charge in [-0.2, -0.15) is 5.10 Å². The normalized spacial score (nSPS) is 12.7. The highest BCUT2D eigenvalue weighted by molar-refractivity contribution is 5.99. The highest BCUT2D eigenvalue weighted by atomic mass is 19.1. The Kier molecular flexibility index (Phi) is 4.99. The number of fused-ring (bicyclic) bond motifs is 1. The molecule has 2 N–H and O–H groups in total. The maximum Gasteiger partial charge on any atom is 0.346 e. The first-order valence-corrected chi connectivity index (χ1v) is 9.09. The molecule has 0 atom stereocenters. The predicted octanol–water partition coefficient (Wildman–Crippen LogP) is 2.93. The first-order valence-electron chi connectivity index (χ1n) is 9.09. The molecule has 0 fully saturated rings. The van der Waals surface area contributed by atoms with Crippen LogP contribution < -0.4 is 10.5 Å². The van der Waals surface area contributed by atoms with E-state index in [2.05, 4.69) is 5.10 Å². The molecular formula is C21H18FN3O4. The zero-order chi connectivity index (χ0) is 20.4. The Balaban J connectivity index is 1.72. The van der Waals surface area contributed by atoms with Gasteiger partial charge in [0.15, 0.2) is 0 Å². The van der Waals surface area contributed by atoms with E-state index < -0.39 is 17.7 Å². The Bertz CT molecular complexity index is 1080. The number of halogens is 1.